The lowest BCUT2D eigenvalue weighted by atomic mass is 10.1. The number of piperidine rings is 1. The Morgan fingerprint density at radius 3 is 2.81 bits per heavy atom. The second-order valence-corrected chi connectivity index (χ2v) is 6.75. The third kappa shape index (κ3) is 3.63. The van der Waals surface area contributed by atoms with Crippen LogP contribution in [0.25, 0.3) is 0 Å². The van der Waals surface area contributed by atoms with Crippen LogP contribution in [0.2, 0.25) is 5.02 Å². The molecule has 1 aromatic carbocycles. The molecular formula is C12H14ClFN2O4S. The van der Waals surface area contributed by atoms with Crippen LogP contribution in [0.15, 0.2) is 18.2 Å². The molecule has 0 aliphatic carbocycles. The molecule has 1 aliphatic rings. The van der Waals surface area contributed by atoms with Gasteiger partial charge in [0.05, 0.1) is 5.69 Å². The van der Waals surface area contributed by atoms with Gasteiger partial charge < -0.3 is 5.11 Å². The van der Waals surface area contributed by atoms with Crippen molar-refractivity contribution in [2.45, 2.75) is 25.3 Å². The number of benzene rings is 1. The third-order valence-corrected chi connectivity index (χ3v) is 4.98. The van der Waals surface area contributed by atoms with Crippen molar-refractivity contribution in [1.82, 2.24) is 4.31 Å². The third-order valence-electron chi connectivity index (χ3n) is 3.21. The molecule has 0 saturated carbocycles. The Morgan fingerprint density at radius 1 is 1.43 bits per heavy atom. The fourth-order valence-corrected chi connectivity index (χ4v) is 3.84. The Labute approximate surface area is 126 Å². The summed E-state index contributed by atoms with van der Waals surface area (Å²) in [6.07, 6.45) is 1.42. The molecule has 1 unspecified atom stereocenters. The molecule has 1 aromatic rings. The Hall–Kier alpha value is -1.38. The fraction of sp³-hybridized carbons (Fsp3) is 0.417. The number of carboxylic acid groups (broad SMARTS) is 1. The van der Waals surface area contributed by atoms with E-state index in [1.54, 1.807) is 0 Å². The van der Waals surface area contributed by atoms with Crippen LogP contribution in [0.3, 0.4) is 0 Å². The van der Waals surface area contributed by atoms with Gasteiger partial charge in [-0.3, -0.25) is 9.52 Å². The van der Waals surface area contributed by atoms with Crippen LogP contribution in [0.4, 0.5) is 10.1 Å². The molecule has 2 N–H and O–H groups in total. The van der Waals surface area contributed by atoms with Crippen LogP contribution in [-0.4, -0.2) is 36.4 Å². The minimum absolute atomic E-state index is 0.0779. The molecule has 1 aliphatic heterocycles. The number of rotatable bonds is 4. The van der Waals surface area contributed by atoms with Gasteiger partial charge in [-0.05, 0) is 37.5 Å². The van der Waals surface area contributed by atoms with Gasteiger partial charge >= 0.3 is 16.2 Å². The summed E-state index contributed by atoms with van der Waals surface area (Å²) in [5.74, 6) is -2.00. The molecule has 1 fully saturated rings. The van der Waals surface area contributed by atoms with Crippen molar-refractivity contribution < 1.29 is 22.7 Å². The quantitative estimate of drug-likeness (QED) is 0.881. The summed E-state index contributed by atoms with van der Waals surface area (Å²) in [7, 11) is -4.17. The Balaban J connectivity index is 2.28. The second-order valence-electron chi connectivity index (χ2n) is 4.69. The fourth-order valence-electron chi connectivity index (χ4n) is 2.21. The summed E-state index contributed by atoms with van der Waals surface area (Å²) in [6, 6.07) is 2.31. The SMILES string of the molecule is O=C(O)C1CCCCN1S(=O)(=O)Nc1cc(Cl)ccc1F. The maximum absolute atomic E-state index is 13.6. The maximum atomic E-state index is 13.6. The standard InChI is InChI=1S/C12H14ClFN2O4S/c13-8-4-5-9(14)10(7-8)15-21(19,20)16-6-2-1-3-11(16)12(17)18/h4-5,7,11,15H,1-3,6H2,(H,17,18). The Morgan fingerprint density at radius 2 is 2.14 bits per heavy atom. The highest BCUT2D eigenvalue weighted by Gasteiger charge is 2.37. The van der Waals surface area contributed by atoms with Gasteiger partial charge in [0.15, 0.2) is 0 Å². The molecule has 21 heavy (non-hydrogen) atoms. The van der Waals surface area contributed by atoms with E-state index < -0.39 is 28.0 Å². The van der Waals surface area contributed by atoms with Gasteiger partial charge in [0.25, 0.3) is 0 Å². The zero-order chi connectivity index (χ0) is 15.6. The van der Waals surface area contributed by atoms with Crippen LogP contribution in [0, 0.1) is 5.82 Å². The van der Waals surface area contributed by atoms with Gasteiger partial charge in [-0.15, -0.1) is 0 Å². The van der Waals surface area contributed by atoms with Crippen LogP contribution < -0.4 is 4.72 Å². The van der Waals surface area contributed by atoms with Crippen LogP contribution in [0.5, 0.6) is 0 Å². The van der Waals surface area contributed by atoms with Crippen molar-refractivity contribution in [3.63, 3.8) is 0 Å². The number of anilines is 1. The van der Waals surface area contributed by atoms with E-state index in [2.05, 4.69) is 4.72 Å². The number of hydrogen-bond donors (Lipinski definition) is 2. The van der Waals surface area contributed by atoms with Crippen molar-refractivity contribution in [2.75, 3.05) is 11.3 Å². The van der Waals surface area contributed by atoms with E-state index in [-0.39, 0.29) is 23.7 Å². The lowest BCUT2D eigenvalue weighted by Crippen LogP contribution is -2.50. The first kappa shape index (κ1) is 16.0. The van der Waals surface area contributed by atoms with Crippen molar-refractivity contribution in [3.8, 4) is 0 Å². The molecule has 1 heterocycles. The minimum Gasteiger partial charge on any atom is -0.480 e. The number of nitrogens with one attached hydrogen (secondary N) is 1. The van der Waals surface area contributed by atoms with Gasteiger partial charge in [-0.25, -0.2) is 4.39 Å². The van der Waals surface area contributed by atoms with E-state index >= 15 is 0 Å². The number of carboxylic acids is 1. The first-order chi connectivity index (χ1) is 9.81. The smallest absolute Gasteiger partial charge is 0.322 e. The van der Waals surface area contributed by atoms with Crippen molar-refractivity contribution in [1.29, 1.82) is 0 Å². The first-order valence-electron chi connectivity index (χ1n) is 6.29. The molecule has 0 radical (unpaired) electrons. The van der Waals surface area contributed by atoms with E-state index in [9.17, 15) is 17.6 Å². The van der Waals surface area contributed by atoms with Gasteiger partial charge in [-0.2, -0.15) is 12.7 Å². The van der Waals surface area contributed by atoms with E-state index in [0.717, 1.165) is 16.4 Å². The summed E-state index contributed by atoms with van der Waals surface area (Å²) < 4.78 is 41.1. The predicted octanol–water partition coefficient (Wildman–Crippen LogP) is 2.07. The first-order valence-corrected chi connectivity index (χ1v) is 8.10. The number of hydrogen-bond acceptors (Lipinski definition) is 3. The van der Waals surface area contributed by atoms with Gasteiger partial charge in [0.2, 0.25) is 0 Å². The molecule has 0 aromatic heterocycles. The summed E-state index contributed by atoms with van der Waals surface area (Å²) in [5, 5.41) is 9.28. The topological polar surface area (TPSA) is 86.7 Å². The van der Waals surface area contributed by atoms with E-state index in [1.165, 1.54) is 6.07 Å². The van der Waals surface area contributed by atoms with Gasteiger partial charge in [-0.1, -0.05) is 11.6 Å². The van der Waals surface area contributed by atoms with Gasteiger partial charge in [0.1, 0.15) is 11.9 Å². The molecule has 2 rings (SSSR count). The summed E-state index contributed by atoms with van der Waals surface area (Å²) >= 11 is 5.70. The predicted molar refractivity (Wildman–Crippen MR) is 75.9 cm³/mol. The molecule has 6 nitrogen and oxygen atoms in total. The van der Waals surface area contributed by atoms with Crippen molar-refractivity contribution >= 4 is 33.5 Å². The average Bonchev–Trinajstić information content (AvgIpc) is 2.42. The van der Waals surface area contributed by atoms with Crippen LogP contribution in [0.1, 0.15) is 19.3 Å². The molecule has 0 bridgehead atoms. The zero-order valence-corrected chi connectivity index (χ0v) is 12.5. The number of aliphatic carboxylic acids is 1. The van der Waals surface area contributed by atoms with Crippen LogP contribution in [-0.2, 0) is 15.0 Å². The number of nitrogens with zero attached hydrogens (tertiary/aromatic N) is 1. The molecule has 1 saturated heterocycles. The molecule has 0 amide bonds. The van der Waals surface area contributed by atoms with Gasteiger partial charge in [0, 0.05) is 11.6 Å². The normalized spacial score (nSPS) is 20.2. The van der Waals surface area contributed by atoms with Crippen molar-refractivity contribution in [3.05, 3.63) is 29.0 Å². The molecule has 0 spiro atoms. The Bertz CT molecular complexity index is 653. The van der Waals surface area contributed by atoms with E-state index in [1.807, 2.05) is 0 Å². The molecule has 9 heteroatoms. The largest absolute Gasteiger partial charge is 0.480 e. The summed E-state index contributed by atoms with van der Waals surface area (Å²) in [6.45, 7) is 0.0779. The minimum atomic E-state index is -4.17. The highest BCUT2D eigenvalue weighted by molar-refractivity contribution is 7.90. The van der Waals surface area contributed by atoms with E-state index in [0.29, 0.717) is 12.8 Å². The Kier molecular flexibility index (Phi) is 4.70. The molecule has 1 atom stereocenters. The highest BCUT2D eigenvalue weighted by Crippen LogP contribution is 2.25. The summed E-state index contributed by atoms with van der Waals surface area (Å²) in [4.78, 5) is 11.2. The number of halogens is 2. The van der Waals surface area contributed by atoms with Crippen LogP contribution >= 0.6 is 11.6 Å². The average molecular weight is 337 g/mol. The zero-order valence-electron chi connectivity index (χ0n) is 10.9. The molecule has 116 valence electrons. The van der Waals surface area contributed by atoms with Crippen molar-refractivity contribution in [2.24, 2.45) is 0 Å². The number of carbonyl (C=O) groups is 1. The lowest BCUT2D eigenvalue weighted by Gasteiger charge is -2.31. The second kappa shape index (κ2) is 6.17. The summed E-state index contributed by atoms with van der Waals surface area (Å²) in [5.41, 5.74) is -0.308. The highest BCUT2D eigenvalue weighted by atomic mass is 35.5. The van der Waals surface area contributed by atoms with E-state index in [4.69, 9.17) is 16.7 Å². The molecular weight excluding hydrogens is 323 g/mol. The maximum Gasteiger partial charge on any atom is 0.322 e. The monoisotopic (exact) mass is 336 g/mol. The lowest BCUT2D eigenvalue weighted by molar-refractivity contribution is -0.142.